The van der Waals surface area contributed by atoms with Crippen molar-refractivity contribution >= 4 is 22.8 Å². The van der Waals surface area contributed by atoms with E-state index in [1.165, 1.54) is 22.0 Å². The van der Waals surface area contributed by atoms with E-state index in [-0.39, 0.29) is 12.5 Å². The Balaban J connectivity index is 1.97. The van der Waals surface area contributed by atoms with Crippen LogP contribution in [-0.2, 0) is 11.2 Å². The Hall–Kier alpha value is -2.50. The minimum atomic E-state index is -0.0113. The van der Waals surface area contributed by atoms with E-state index in [4.69, 9.17) is 0 Å². The lowest BCUT2D eigenvalue weighted by Crippen LogP contribution is -2.41. The largest absolute Gasteiger partial charge is 0.361 e. The first-order chi connectivity index (χ1) is 12.4. The summed E-state index contributed by atoms with van der Waals surface area (Å²) < 4.78 is 0. The van der Waals surface area contributed by atoms with Crippen LogP contribution in [0.3, 0.4) is 0 Å². The molecule has 0 unspecified atom stereocenters. The molecular weight excluding hydrogens is 326 g/mol. The molecule has 1 amide bonds. The van der Waals surface area contributed by atoms with E-state index in [9.17, 15) is 4.79 Å². The van der Waals surface area contributed by atoms with Crippen LogP contribution < -0.4 is 10.6 Å². The molecule has 0 saturated carbocycles. The Morgan fingerprint density at radius 2 is 2.04 bits per heavy atom. The maximum atomic E-state index is 11.8. The van der Waals surface area contributed by atoms with Crippen LogP contribution in [0.2, 0.25) is 0 Å². The van der Waals surface area contributed by atoms with Gasteiger partial charge in [-0.05, 0) is 30.4 Å². The third kappa shape index (κ3) is 5.51. The number of likely N-dealkylation sites (N-methyl/N-ethyl adjacent to an activating group) is 1. The lowest BCUT2D eigenvalue weighted by atomic mass is 10.1. The molecule has 3 N–H and O–H groups in total. The van der Waals surface area contributed by atoms with Crippen LogP contribution in [0.25, 0.3) is 10.9 Å². The number of H-pyrrole nitrogens is 1. The monoisotopic (exact) mass is 357 g/mol. The minimum Gasteiger partial charge on any atom is -0.361 e. The standard InChI is InChI=1S/C20H31N5O/c1-14(2)11-23-20(24-13-18(26)25(4)5)21-10-9-16-12-22-19-15(3)7-6-8-17(16)19/h6-8,12,14,22H,9-11,13H2,1-5H3,(H2,21,23,24). The number of aryl methyl sites for hydroxylation is 1. The lowest BCUT2D eigenvalue weighted by Gasteiger charge is -2.15. The third-order valence-electron chi connectivity index (χ3n) is 4.25. The first kappa shape index (κ1) is 19.8. The predicted molar refractivity (Wildman–Crippen MR) is 109 cm³/mol. The molecule has 2 rings (SSSR count). The van der Waals surface area contributed by atoms with Crippen molar-refractivity contribution in [1.82, 2.24) is 20.5 Å². The van der Waals surface area contributed by atoms with Gasteiger partial charge >= 0.3 is 0 Å². The summed E-state index contributed by atoms with van der Waals surface area (Å²) in [7, 11) is 3.48. The third-order valence-corrected chi connectivity index (χ3v) is 4.25. The summed E-state index contributed by atoms with van der Waals surface area (Å²) in [5.41, 5.74) is 3.74. The molecule has 0 fully saturated rings. The second-order valence-corrected chi connectivity index (χ2v) is 7.22. The predicted octanol–water partition coefficient (Wildman–Crippen LogP) is 2.30. The van der Waals surface area contributed by atoms with E-state index in [0.717, 1.165) is 19.5 Å². The van der Waals surface area contributed by atoms with Crippen LogP contribution in [0.4, 0.5) is 0 Å². The number of fused-ring (bicyclic) bond motifs is 1. The molecule has 0 bridgehead atoms. The van der Waals surface area contributed by atoms with Crippen LogP contribution >= 0.6 is 0 Å². The normalized spacial score (nSPS) is 11.8. The summed E-state index contributed by atoms with van der Waals surface area (Å²) in [5, 5.41) is 7.91. The van der Waals surface area contributed by atoms with Crippen molar-refractivity contribution in [2.45, 2.75) is 27.2 Å². The van der Waals surface area contributed by atoms with E-state index in [1.807, 2.05) is 0 Å². The van der Waals surface area contributed by atoms with E-state index in [0.29, 0.717) is 11.9 Å². The average molecular weight is 358 g/mol. The van der Waals surface area contributed by atoms with Crippen LogP contribution in [0.15, 0.2) is 29.4 Å². The number of nitrogens with zero attached hydrogens (tertiary/aromatic N) is 2. The average Bonchev–Trinajstić information content (AvgIpc) is 3.00. The number of amides is 1. The molecule has 0 saturated heterocycles. The first-order valence-corrected chi connectivity index (χ1v) is 9.16. The van der Waals surface area contributed by atoms with Gasteiger partial charge < -0.3 is 20.5 Å². The van der Waals surface area contributed by atoms with Gasteiger partial charge in [0.25, 0.3) is 0 Å². The molecule has 6 heteroatoms. The maximum absolute atomic E-state index is 11.8. The Kier molecular flexibility index (Phi) is 7.06. The Labute approximate surface area is 156 Å². The number of carbonyl (C=O) groups is 1. The quantitative estimate of drug-likeness (QED) is 0.526. The number of aliphatic imine (C=N–C) groups is 1. The molecular formula is C20H31N5O. The fourth-order valence-electron chi connectivity index (χ4n) is 2.65. The fraction of sp³-hybridized carbons (Fsp3) is 0.500. The molecule has 26 heavy (non-hydrogen) atoms. The molecule has 2 aromatic rings. The summed E-state index contributed by atoms with van der Waals surface area (Å²) in [6, 6.07) is 6.35. The highest BCUT2D eigenvalue weighted by atomic mass is 16.2. The number of guanidine groups is 1. The number of para-hydroxylation sites is 1. The van der Waals surface area contributed by atoms with Gasteiger partial charge in [-0.3, -0.25) is 4.79 Å². The molecule has 0 spiro atoms. The number of rotatable bonds is 7. The molecule has 1 heterocycles. The molecule has 0 aliphatic carbocycles. The minimum absolute atomic E-state index is 0.0113. The molecule has 142 valence electrons. The molecule has 0 radical (unpaired) electrons. The number of nitrogens with one attached hydrogen (secondary N) is 3. The highest BCUT2D eigenvalue weighted by Gasteiger charge is 2.07. The fourth-order valence-corrected chi connectivity index (χ4v) is 2.65. The second kappa shape index (κ2) is 9.27. The summed E-state index contributed by atoms with van der Waals surface area (Å²) in [6.07, 6.45) is 2.96. The van der Waals surface area contributed by atoms with E-state index < -0.39 is 0 Å². The zero-order valence-corrected chi connectivity index (χ0v) is 16.5. The molecule has 1 aromatic carbocycles. The number of benzene rings is 1. The zero-order chi connectivity index (χ0) is 19.1. The van der Waals surface area contributed by atoms with Crippen LogP contribution in [0.1, 0.15) is 25.0 Å². The molecule has 0 aliphatic rings. The first-order valence-electron chi connectivity index (χ1n) is 9.16. The van der Waals surface area contributed by atoms with E-state index >= 15 is 0 Å². The molecule has 0 aliphatic heterocycles. The zero-order valence-electron chi connectivity index (χ0n) is 16.5. The van der Waals surface area contributed by atoms with Crippen molar-refractivity contribution < 1.29 is 4.79 Å². The van der Waals surface area contributed by atoms with Crippen LogP contribution in [0.5, 0.6) is 0 Å². The number of carbonyl (C=O) groups excluding carboxylic acids is 1. The smallest absolute Gasteiger partial charge is 0.243 e. The molecule has 0 atom stereocenters. The van der Waals surface area contributed by atoms with E-state index in [1.54, 1.807) is 19.0 Å². The van der Waals surface area contributed by atoms with Crippen LogP contribution in [-0.4, -0.2) is 55.5 Å². The molecule has 1 aromatic heterocycles. The van der Waals surface area contributed by atoms with Gasteiger partial charge in [-0.1, -0.05) is 32.0 Å². The summed E-state index contributed by atoms with van der Waals surface area (Å²) in [6.45, 7) is 8.11. The van der Waals surface area contributed by atoms with Gasteiger partial charge in [-0.2, -0.15) is 0 Å². The number of hydrogen-bond donors (Lipinski definition) is 3. The van der Waals surface area contributed by atoms with Crippen molar-refractivity contribution in [3.8, 4) is 0 Å². The Bertz CT molecular complexity index is 761. The van der Waals surface area contributed by atoms with Crippen molar-refractivity contribution in [2.24, 2.45) is 10.9 Å². The summed E-state index contributed by atoms with van der Waals surface area (Å²) in [5.74, 6) is 1.18. The maximum Gasteiger partial charge on any atom is 0.243 e. The van der Waals surface area contributed by atoms with Crippen molar-refractivity contribution in [3.05, 3.63) is 35.5 Å². The molecule has 6 nitrogen and oxygen atoms in total. The van der Waals surface area contributed by atoms with Crippen LogP contribution in [0, 0.1) is 12.8 Å². The Morgan fingerprint density at radius 3 is 2.73 bits per heavy atom. The van der Waals surface area contributed by atoms with Gasteiger partial charge in [-0.15, -0.1) is 0 Å². The highest BCUT2D eigenvalue weighted by molar-refractivity contribution is 5.86. The van der Waals surface area contributed by atoms with E-state index in [2.05, 4.69) is 65.8 Å². The Morgan fingerprint density at radius 1 is 1.27 bits per heavy atom. The van der Waals surface area contributed by atoms with Crippen molar-refractivity contribution in [3.63, 3.8) is 0 Å². The van der Waals surface area contributed by atoms with Crippen molar-refractivity contribution in [1.29, 1.82) is 0 Å². The summed E-state index contributed by atoms with van der Waals surface area (Å²) in [4.78, 5) is 21.1. The topological polar surface area (TPSA) is 72.5 Å². The van der Waals surface area contributed by atoms with Gasteiger partial charge in [-0.25, -0.2) is 4.99 Å². The number of aromatic amines is 1. The second-order valence-electron chi connectivity index (χ2n) is 7.22. The summed E-state index contributed by atoms with van der Waals surface area (Å²) >= 11 is 0. The SMILES string of the molecule is Cc1cccc2c(CCNC(=NCC(=O)N(C)C)NCC(C)C)c[nH]c12. The van der Waals surface area contributed by atoms with Gasteiger partial charge in [0.15, 0.2) is 5.96 Å². The van der Waals surface area contributed by atoms with Gasteiger partial charge in [0.2, 0.25) is 5.91 Å². The lowest BCUT2D eigenvalue weighted by molar-refractivity contribution is -0.127. The highest BCUT2D eigenvalue weighted by Crippen LogP contribution is 2.21. The van der Waals surface area contributed by atoms with Gasteiger partial charge in [0.1, 0.15) is 6.54 Å². The van der Waals surface area contributed by atoms with Gasteiger partial charge in [0.05, 0.1) is 0 Å². The number of aromatic nitrogens is 1. The van der Waals surface area contributed by atoms with Crippen molar-refractivity contribution in [2.75, 3.05) is 33.7 Å². The van der Waals surface area contributed by atoms with Gasteiger partial charge in [0, 0.05) is 44.3 Å². The number of hydrogen-bond acceptors (Lipinski definition) is 2.